The standard InChI is InChI=1S/C18H25N3O4S/c1-15-4-2-5-16(14-15)19-8-10-20(11-9-19)26(24,25)13-12-21-17(22)6-3-7-18(21)23/h2,4-5,14H,3,6-13H2,1H3. The molecule has 0 radical (unpaired) electrons. The molecule has 0 spiro atoms. The van der Waals surface area contributed by atoms with E-state index in [-0.39, 0.29) is 24.1 Å². The first kappa shape index (κ1) is 18.8. The molecule has 1 aromatic carbocycles. The van der Waals surface area contributed by atoms with Gasteiger partial charge in [-0.15, -0.1) is 0 Å². The van der Waals surface area contributed by atoms with Crippen LogP contribution >= 0.6 is 0 Å². The number of rotatable bonds is 5. The molecule has 26 heavy (non-hydrogen) atoms. The lowest BCUT2D eigenvalue weighted by Crippen LogP contribution is -2.51. The number of hydrogen-bond acceptors (Lipinski definition) is 5. The van der Waals surface area contributed by atoms with Gasteiger partial charge in [0.15, 0.2) is 0 Å². The van der Waals surface area contributed by atoms with Gasteiger partial charge < -0.3 is 4.90 Å². The third-order valence-corrected chi connectivity index (χ3v) is 6.81. The van der Waals surface area contributed by atoms with E-state index >= 15 is 0 Å². The Balaban J connectivity index is 1.56. The summed E-state index contributed by atoms with van der Waals surface area (Å²) in [5.74, 6) is -0.726. The van der Waals surface area contributed by atoms with Crippen LogP contribution in [0.3, 0.4) is 0 Å². The van der Waals surface area contributed by atoms with Crippen molar-refractivity contribution in [3.8, 4) is 0 Å². The van der Waals surface area contributed by atoms with Gasteiger partial charge in [-0.2, -0.15) is 4.31 Å². The Hall–Kier alpha value is -1.93. The Morgan fingerprint density at radius 1 is 1.00 bits per heavy atom. The molecule has 0 bridgehead atoms. The average molecular weight is 379 g/mol. The van der Waals surface area contributed by atoms with Gasteiger partial charge in [-0.25, -0.2) is 8.42 Å². The highest BCUT2D eigenvalue weighted by atomic mass is 32.2. The Labute approximate surface area is 154 Å². The first-order valence-corrected chi connectivity index (χ1v) is 10.6. The van der Waals surface area contributed by atoms with Crippen molar-refractivity contribution in [2.75, 3.05) is 43.4 Å². The molecule has 1 aromatic rings. The van der Waals surface area contributed by atoms with Crippen molar-refractivity contribution in [2.24, 2.45) is 0 Å². The minimum Gasteiger partial charge on any atom is -0.369 e. The number of sulfonamides is 1. The highest BCUT2D eigenvalue weighted by molar-refractivity contribution is 7.89. The van der Waals surface area contributed by atoms with Crippen LogP contribution in [0, 0.1) is 6.92 Å². The van der Waals surface area contributed by atoms with E-state index in [1.807, 2.05) is 25.1 Å². The highest BCUT2D eigenvalue weighted by Crippen LogP contribution is 2.19. The second kappa shape index (κ2) is 7.75. The number of piperazine rings is 1. The predicted octanol–water partition coefficient (Wildman–Crippen LogP) is 0.986. The molecule has 2 saturated heterocycles. The Morgan fingerprint density at radius 3 is 2.27 bits per heavy atom. The Kier molecular flexibility index (Phi) is 5.62. The summed E-state index contributed by atoms with van der Waals surface area (Å²) in [5.41, 5.74) is 2.28. The molecule has 3 rings (SSSR count). The molecule has 2 amide bonds. The zero-order chi connectivity index (χ0) is 18.7. The number of anilines is 1. The summed E-state index contributed by atoms with van der Waals surface area (Å²) in [5, 5.41) is 0. The van der Waals surface area contributed by atoms with E-state index in [2.05, 4.69) is 11.0 Å². The zero-order valence-electron chi connectivity index (χ0n) is 15.1. The number of carbonyl (C=O) groups excluding carboxylic acids is 2. The molecule has 2 aliphatic heterocycles. The van der Waals surface area contributed by atoms with Crippen LogP contribution < -0.4 is 4.90 Å². The molecule has 142 valence electrons. The van der Waals surface area contributed by atoms with Gasteiger partial charge >= 0.3 is 0 Å². The first-order valence-electron chi connectivity index (χ1n) is 8.99. The second-order valence-electron chi connectivity index (χ2n) is 6.83. The number of hydrogen-bond donors (Lipinski definition) is 0. The van der Waals surface area contributed by atoms with E-state index in [1.54, 1.807) is 0 Å². The normalized spacial score (nSPS) is 19.9. The summed E-state index contributed by atoms with van der Waals surface area (Å²) in [7, 11) is -3.48. The minimum atomic E-state index is -3.48. The quantitative estimate of drug-likeness (QED) is 0.713. The zero-order valence-corrected chi connectivity index (χ0v) is 15.9. The van der Waals surface area contributed by atoms with Gasteiger partial charge in [-0.1, -0.05) is 12.1 Å². The molecule has 0 aromatic heterocycles. The number of carbonyl (C=O) groups is 2. The van der Waals surface area contributed by atoms with Crippen LogP contribution in [0.5, 0.6) is 0 Å². The molecule has 0 saturated carbocycles. The van der Waals surface area contributed by atoms with Crippen LogP contribution in [-0.4, -0.2) is 67.9 Å². The van der Waals surface area contributed by atoms with E-state index in [0.717, 1.165) is 10.6 Å². The van der Waals surface area contributed by atoms with Gasteiger partial charge in [0.1, 0.15) is 0 Å². The maximum absolute atomic E-state index is 12.6. The number of imide groups is 1. The maximum atomic E-state index is 12.6. The van der Waals surface area contributed by atoms with E-state index in [1.165, 1.54) is 9.87 Å². The summed E-state index contributed by atoms with van der Waals surface area (Å²) in [4.78, 5) is 26.9. The minimum absolute atomic E-state index is 0.0436. The molecule has 7 nitrogen and oxygen atoms in total. The lowest BCUT2D eigenvalue weighted by Gasteiger charge is -2.36. The van der Waals surface area contributed by atoms with Crippen molar-refractivity contribution in [2.45, 2.75) is 26.2 Å². The van der Waals surface area contributed by atoms with Crippen molar-refractivity contribution in [3.05, 3.63) is 29.8 Å². The van der Waals surface area contributed by atoms with Crippen LogP contribution in [0.2, 0.25) is 0 Å². The van der Waals surface area contributed by atoms with E-state index in [4.69, 9.17) is 0 Å². The number of amides is 2. The molecule has 2 aliphatic rings. The lowest BCUT2D eigenvalue weighted by molar-refractivity contribution is -0.147. The average Bonchev–Trinajstić information content (AvgIpc) is 2.61. The summed E-state index contributed by atoms with van der Waals surface area (Å²) in [6, 6.07) is 8.16. The predicted molar refractivity (Wildman–Crippen MR) is 99.3 cm³/mol. The maximum Gasteiger partial charge on any atom is 0.229 e. The molecule has 8 heteroatoms. The van der Waals surface area contributed by atoms with Crippen LogP contribution in [0.1, 0.15) is 24.8 Å². The number of nitrogens with zero attached hydrogens (tertiary/aromatic N) is 3. The molecule has 2 fully saturated rings. The number of piperidine rings is 1. The van der Waals surface area contributed by atoms with Crippen molar-refractivity contribution in [1.82, 2.24) is 9.21 Å². The molecular weight excluding hydrogens is 354 g/mol. The molecule has 0 aliphatic carbocycles. The molecular formula is C18H25N3O4S. The van der Waals surface area contributed by atoms with Gasteiger partial charge in [0.25, 0.3) is 0 Å². The fraction of sp³-hybridized carbons (Fsp3) is 0.556. The van der Waals surface area contributed by atoms with E-state index in [9.17, 15) is 18.0 Å². The summed E-state index contributed by atoms with van der Waals surface area (Å²) < 4.78 is 26.7. The third kappa shape index (κ3) is 4.24. The molecule has 0 unspecified atom stereocenters. The number of benzene rings is 1. The summed E-state index contributed by atoms with van der Waals surface area (Å²) >= 11 is 0. The van der Waals surface area contributed by atoms with Crippen molar-refractivity contribution in [3.63, 3.8) is 0 Å². The van der Waals surface area contributed by atoms with Crippen molar-refractivity contribution >= 4 is 27.5 Å². The van der Waals surface area contributed by atoms with Gasteiger partial charge in [-0.05, 0) is 31.0 Å². The third-order valence-electron chi connectivity index (χ3n) is 4.96. The van der Waals surface area contributed by atoms with Crippen LogP contribution in [-0.2, 0) is 19.6 Å². The molecule has 0 N–H and O–H groups in total. The van der Waals surface area contributed by atoms with Crippen LogP contribution in [0.15, 0.2) is 24.3 Å². The fourth-order valence-corrected chi connectivity index (χ4v) is 4.83. The first-order chi connectivity index (χ1) is 12.4. The van der Waals surface area contributed by atoms with E-state index in [0.29, 0.717) is 45.4 Å². The monoisotopic (exact) mass is 379 g/mol. The molecule has 2 heterocycles. The van der Waals surface area contributed by atoms with Gasteiger partial charge in [0.2, 0.25) is 21.8 Å². The van der Waals surface area contributed by atoms with Crippen LogP contribution in [0.25, 0.3) is 0 Å². The van der Waals surface area contributed by atoms with Gasteiger partial charge in [-0.3, -0.25) is 14.5 Å². The van der Waals surface area contributed by atoms with Crippen molar-refractivity contribution in [1.29, 1.82) is 0 Å². The summed E-state index contributed by atoms with van der Waals surface area (Å²) in [6.07, 6.45) is 1.20. The smallest absolute Gasteiger partial charge is 0.229 e. The van der Waals surface area contributed by atoms with Crippen LogP contribution in [0.4, 0.5) is 5.69 Å². The Morgan fingerprint density at radius 2 is 1.65 bits per heavy atom. The largest absolute Gasteiger partial charge is 0.369 e. The number of aryl methyl sites for hydroxylation is 1. The number of likely N-dealkylation sites (tertiary alicyclic amines) is 1. The van der Waals surface area contributed by atoms with Gasteiger partial charge in [0.05, 0.1) is 5.75 Å². The van der Waals surface area contributed by atoms with Crippen molar-refractivity contribution < 1.29 is 18.0 Å². The lowest BCUT2D eigenvalue weighted by atomic mass is 10.1. The summed E-state index contributed by atoms with van der Waals surface area (Å²) in [6.45, 7) is 4.08. The second-order valence-corrected chi connectivity index (χ2v) is 8.92. The fourth-order valence-electron chi connectivity index (χ4n) is 3.43. The van der Waals surface area contributed by atoms with E-state index < -0.39 is 10.0 Å². The topological polar surface area (TPSA) is 78.0 Å². The molecule has 0 atom stereocenters. The highest BCUT2D eigenvalue weighted by Gasteiger charge is 2.31. The Bertz CT molecular complexity index is 769. The SMILES string of the molecule is Cc1cccc(N2CCN(S(=O)(=O)CCN3C(=O)CCCC3=O)CC2)c1. The van der Waals surface area contributed by atoms with Gasteiger partial charge in [0, 0.05) is 51.3 Å².